The van der Waals surface area contributed by atoms with E-state index < -0.39 is 0 Å². The molecule has 68 valence electrons. The van der Waals surface area contributed by atoms with Crippen molar-refractivity contribution >= 4 is 0 Å². The summed E-state index contributed by atoms with van der Waals surface area (Å²) < 4.78 is 0. The Morgan fingerprint density at radius 1 is 1.42 bits per heavy atom. The molecule has 0 saturated carbocycles. The Morgan fingerprint density at radius 2 is 2.08 bits per heavy atom. The Labute approximate surface area is 75.1 Å². The van der Waals surface area contributed by atoms with Crippen LogP contribution in [0.4, 0.5) is 0 Å². The molecule has 0 unspecified atom stereocenters. The Kier molecular flexibility index (Phi) is 6.16. The summed E-state index contributed by atoms with van der Waals surface area (Å²) in [4.78, 5) is 0. The van der Waals surface area contributed by atoms with E-state index in [0.29, 0.717) is 6.42 Å². The zero-order valence-electron chi connectivity index (χ0n) is 7.84. The standard InChI is InChI=1S/C11H18O/c1-4-6-7-11(5-2)9-8-10(3)12/h5,7,12H,2-4,6,8-9H2,1H3/b11-7+. The number of unbranched alkanes of at least 4 members (excludes halogenated alkanes) is 1. The molecule has 0 heterocycles. The van der Waals surface area contributed by atoms with Crippen LogP contribution in [0.2, 0.25) is 0 Å². The molecule has 12 heavy (non-hydrogen) atoms. The second-order valence-corrected chi connectivity index (χ2v) is 2.84. The van der Waals surface area contributed by atoms with Crippen molar-refractivity contribution in [2.24, 2.45) is 0 Å². The van der Waals surface area contributed by atoms with E-state index in [1.165, 1.54) is 5.57 Å². The summed E-state index contributed by atoms with van der Waals surface area (Å²) in [5, 5.41) is 8.87. The van der Waals surface area contributed by atoms with Crippen LogP contribution in [0.5, 0.6) is 0 Å². The van der Waals surface area contributed by atoms with Gasteiger partial charge in [-0.3, -0.25) is 0 Å². The number of hydrogen-bond donors (Lipinski definition) is 1. The molecule has 1 nitrogen and oxygen atoms in total. The SMILES string of the molecule is C=C/C(=C\CCC)CCC(=C)O. The molecule has 0 aliphatic carbocycles. The second-order valence-electron chi connectivity index (χ2n) is 2.84. The van der Waals surface area contributed by atoms with Crippen LogP contribution in [-0.4, -0.2) is 5.11 Å². The molecule has 0 saturated heterocycles. The van der Waals surface area contributed by atoms with Gasteiger partial charge in [0.1, 0.15) is 0 Å². The normalized spacial score (nSPS) is 11.2. The van der Waals surface area contributed by atoms with Gasteiger partial charge in [0.25, 0.3) is 0 Å². The Bertz CT molecular complexity index is 177. The fourth-order valence-electron chi connectivity index (χ4n) is 0.906. The van der Waals surface area contributed by atoms with Crippen LogP contribution >= 0.6 is 0 Å². The second kappa shape index (κ2) is 6.71. The summed E-state index contributed by atoms with van der Waals surface area (Å²) in [6, 6.07) is 0. The number of rotatable bonds is 6. The summed E-state index contributed by atoms with van der Waals surface area (Å²) >= 11 is 0. The highest BCUT2D eigenvalue weighted by Crippen LogP contribution is 2.10. The first-order valence-electron chi connectivity index (χ1n) is 4.39. The van der Waals surface area contributed by atoms with Crippen molar-refractivity contribution in [3.8, 4) is 0 Å². The quantitative estimate of drug-likeness (QED) is 0.470. The zero-order chi connectivity index (χ0) is 9.40. The van der Waals surface area contributed by atoms with Crippen molar-refractivity contribution in [2.45, 2.75) is 32.6 Å². The van der Waals surface area contributed by atoms with Crippen LogP contribution in [0.15, 0.2) is 36.6 Å². The maximum absolute atomic E-state index is 8.87. The molecular weight excluding hydrogens is 148 g/mol. The molecule has 0 aromatic carbocycles. The number of aliphatic hydroxyl groups is 1. The van der Waals surface area contributed by atoms with E-state index in [-0.39, 0.29) is 5.76 Å². The third-order valence-electron chi connectivity index (χ3n) is 1.66. The smallest absolute Gasteiger partial charge is 0.0854 e. The fourth-order valence-corrected chi connectivity index (χ4v) is 0.906. The maximum atomic E-state index is 8.87. The van der Waals surface area contributed by atoms with Crippen molar-refractivity contribution in [3.63, 3.8) is 0 Å². The molecule has 1 heteroatoms. The number of allylic oxidation sites excluding steroid dienone is 4. The lowest BCUT2D eigenvalue weighted by atomic mass is 10.1. The van der Waals surface area contributed by atoms with Crippen LogP contribution in [0.25, 0.3) is 0 Å². The molecule has 0 fully saturated rings. The lowest BCUT2D eigenvalue weighted by Gasteiger charge is -2.00. The Balaban J connectivity index is 3.82. The highest BCUT2D eigenvalue weighted by Gasteiger charge is 1.93. The number of aliphatic hydroxyl groups excluding tert-OH is 1. The topological polar surface area (TPSA) is 20.2 Å². The maximum Gasteiger partial charge on any atom is 0.0854 e. The monoisotopic (exact) mass is 166 g/mol. The molecule has 1 N–H and O–H groups in total. The van der Waals surface area contributed by atoms with Crippen molar-refractivity contribution in [1.82, 2.24) is 0 Å². The molecule has 0 radical (unpaired) electrons. The van der Waals surface area contributed by atoms with Crippen molar-refractivity contribution in [3.05, 3.63) is 36.6 Å². The van der Waals surface area contributed by atoms with Gasteiger partial charge in [-0.2, -0.15) is 0 Å². The average molecular weight is 166 g/mol. The molecule has 0 atom stereocenters. The first kappa shape index (κ1) is 11.0. The Morgan fingerprint density at radius 3 is 2.50 bits per heavy atom. The van der Waals surface area contributed by atoms with Crippen molar-refractivity contribution in [1.29, 1.82) is 0 Å². The van der Waals surface area contributed by atoms with Gasteiger partial charge in [0.15, 0.2) is 0 Å². The highest BCUT2D eigenvalue weighted by molar-refractivity contribution is 5.16. The van der Waals surface area contributed by atoms with Crippen molar-refractivity contribution < 1.29 is 5.11 Å². The molecule has 0 aromatic heterocycles. The summed E-state index contributed by atoms with van der Waals surface area (Å²) in [5.74, 6) is 0.249. The molecule has 0 bridgehead atoms. The summed E-state index contributed by atoms with van der Waals surface area (Å²) in [5.41, 5.74) is 1.20. The molecule has 0 aliphatic heterocycles. The van der Waals surface area contributed by atoms with Gasteiger partial charge in [-0.15, -0.1) is 0 Å². The van der Waals surface area contributed by atoms with E-state index in [1.54, 1.807) is 0 Å². The summed E-state index contributed by atoms with van der Waals surface area (Å²) in [6.45, 7) is 9.29. The zero-order valence-corrected chi connectivity index (χ0v) is 7.84. The minimum Gasteiger partial charge on any atom is -0.513 e. The predicted octanol–water partition coefficient (Wildman–Crippen LogP) is 3.75. The largest absolute Gasteiger partial charge is 0.513 e. The average Bonchev–Trinajstić information content (AvgIpc) is 2.05. The molecule has 0 aliphatic rings. The van der Waals surface area contributed by atoms with Gasteiger partial charge in [-0.25, -0.2) is 0 Å². The first-order chi connectivity index (χ1) is 5.70. The van der Waals surface area contributed by atoms with E-state index in [0.717, 1.165) is 19.3 Å². The van der Waals surface area contributed by atoms with Gasteiger partial charge in [0.2, 0.25) is 0 Å². The molecule has 0 rings (SSSR count). The van der Waals surface area contributed by atoms with Gasteiger partial charge < -0.3 is 5.11 Å². The highest BCUT2D eigenvalue weighted by atomic mass is 16.3. The molecule has 0 amide bonds. The summed E-state index contributed by atoms with van der Waals surface area (Å²) in [6.07, 6.45) is 7.73. The lowest BCUT2D eigenvalue weighted by Crippen LogP contribution is -1.83. The van der Waals surface area contributed by atoms with E-state index in [9.17, 15) is 0 Å². The lowest BCUT2D eigenvalue weighted by molar-refractivity contribution is 0.391. The summed E-state index contributed by atoms with van der Waals surface area (Å²) in [7, 11) is 0. The van der Waals surface area contributed by atoms with Gasteiger partial charge in [-0.1, -0.05) is 44.2 Å². The minimum absolute atomic E-state index is 0.249. The molecule has 0 aromatic rings. The van der Waals surface area contributed by atoms with Crippen LogP contribution in [0.1, 0.15) is 32.6 Å². The first-order valence-corrected chi connectivity index (χ1v) is 4.39. The van der Waals surface area contributed by atoms with Gasteiger partial charge >= 0.3 is 0 Å². The van der Waals surface area contributed by atoms with Crippen molar-refractivity contribution in [2.75, 3.05) is 0 Å². The van der Waals surface area contributed by atoms with E-state index in [2.05, 4.69) is 26.2 Å². The predicted molar refractivity (Wildman–Crippen MR) is 54.2 cm³/mol. The minimum atomic E-state index is 0.249. The van der Waals surface area contributed by atoms with Gasteiger partial charge in [0, 0.05) is 6.42 Å². The van der Waals surface area contributed by atoms with E-state index in [4.69, 9.17) is 5.11 Å². The van der Waals surface area contributed by atoms with Crippen LogP contribution in [0.3, 0.4) is 0 Å². The Hall–Kier alpha value is -0.980. The fraction of sp³-hybridized carbons (Fsp3) is 0.455. The van der Waals surface area contributed by atoms with Crippen LogP contribution in [0, 0.1) is 0 Å². The van der Waals surface area contributed by atoms with Crippen LogP contribution in [-0.2, 0) is 0 Å². The van der Waals surface area contributed by atoms with E-state index >= 15 is 0 Å². The molecule has 0 spiro atoms. The third kappa shape index (κ3) is 5.78. The van der Waals surface area contributed by atoms with E-state index in [1.807, 2.05) is 6.08 Å². The van der Waals surface area contributed by atoms with Gasteiger partial charge in [0.05, 0.1) is 5.76 Å². The number of hydrogen-bond acceptors (Lipinski definition) is 1. The third-order valence-corrected chi connectivity index (χ3v) is 1.66. The van der Waals surface area contributed by atoms with Crippen LogP contribution < -0.4 is 0 Å². The molecular formula is C11H18O. The van der Waals surface area contributed by atoms with Gasteiger partial charge in [-0.05, 0) is 12.8 Å².